The third-order valence-electron chi connectivity index (χ3n) is 2.74. The number of aromatic nitrogens is 2. The fourth-order valence-corrected chi connectivity index (χ4v) is 2.19. The maximum absolute atomic E-state index is 11.1. The van der Waals surface area contributed by atoms with Gasteiger partial charge in [0.05, 0.1) is 34.7 Å². The first kappa shape index (κ1) is 14.9. The van der Waals surface area contributed by atoms with Crippen LogP contribution in [-0.4, -0.2) is 21.7 Å². The smallest absolute Gasteiger partial charge is 0.316 e. The van der Waals surface area contributed by atoms with E-state index in [0.29, 0.717) is 22.1 Å². The number of benzene rings is 1. The number of halogens is 1. The Balaban J connectivity index is 2.46. The molecule has 0 aliphatic heterocycles. The summed E-state index contributed by atoms with van der Waals surface area (Å²) in [6.45, 7) is 1.91. The molecule has 0 saturated heterocycles. The van der Waals surface area contributed by atoms with Gasteiger partial charge in [-0.3, -0.25) is 4.79 Å². The number of nitrogens with zero attached hydrogens (tertiary/aromatic N) is 2. The maximum Gasteiger partial charge on any atom is 0.316 e. The van der Waals surface area contributed by atoms with Crippen LogP contribution in [0.5, 0.6) is 0 Å². The number of carbonyl (C=O) groups is 2. The molecule has 0 bridgehead atoms. The van der Waals surface area contributed by atoms with Crippen molar-refractivity contribution in [3.05, 3.63) is 40.7 Å². The molecule has 0 aliphatic carbocycles. The fraction of sp³-hybridized carbons (Fsp3) is 0.154. The molecule has 0 atom stereocenters. The van der Waals surface area contributed by atoms with Crippen molar-refractivity contribution in [3.8, 4) is 5.69 Å². The predicted molar refractivity (Wildman–Crippen MR) is 79.4 cm³/mol. The van der Waals surface area contributed by atoms with Crippen LogP contribution in [0.25, 0.3) is 5.69 Å². The SMILES string of the molecule is Cc1ccc(-n2cc(NC(N)=O)c(CC(N)=O)n2)c(Cl)c1. The van der Waals surface area contributed by atoms with Gasteiger partial charge in [0.1, 0.15) is 0 Å². The van der Waals surface area contributed by atoms with Crippen LogP contribution in [0.3, 0.4) is 0 Å². The first-order chi connectivity index (χ1) is 9.86. The highest BCUT2D eigenvalue weighted by Gasteiger charge is 2.15. The molecule has 21 heavy (non-hydrogen) atoms. The lowest BCUT2D eigenvalue weighted by Crippen LogP contribution is -2.21. The van der Waals surface area contributed by atoms with Gasteiger partial charge in [0, 0.05) is 0 Å². The highest BCUT2D eigenvalue weighted by molar-refractivity contribution is 6.32. The van der Waals surface area contributed by atoms with Gasteiger partial charge < -0.3 is 16.8 Å². The van der Waals surface area contributed by atoms with Crippen molar-refractivity contribution in [2.45, 2.75) is 13.3 Å². The Labute approximate surface area is 125 Å². The van der Waals surface area contributed by atoms with E-state index in [4.69, 9.17) is 23.1 Å². The van der Waals surface area contributed by atoms with Crippen LogP contribution in [0.1, 0.15) is 11.3 Å². The molecule has 7 nitrogen and oxygen atoms in total. The van der Waals surface area contributed by atoms with Gasteiger partial charge in [-0.2, -0.15) is 5.10 Å². The van der Waals surface area contributed by atoms with Crippen LogP contribution >= 0.6 is 11.6 Å². The van der Waals surface area contributed by atoms with Crippen molar-refractivity contribution in [3.63, 3.8) is 0 Å². The molecule has 2 rings (SSSR count). The van der Waals surface area contributed by atoms with Crippen molar-refractivity contribution in [2.24, 2.45) is 11.5 Å². The number of hydrogen-bond donors (Lipinski definition) is 3. The summed E-state index contributed by atoms with van der Waals surface area (Å²) in [7, 11) is 0. The number of anilines is 1. The molecule has 0 spiro atoms. The van der Waals surface area contributed by atoms with Gasteiger partial charge in [-0.05, 0) is 24.6 Å². The number of nitrogens with one attached hydrogen (secondary N) is 1. The van der Waals surface area contributed by atoms with Crippen LogP contribution < -0.4 is 16.8 Å². The normalized spacial score (nSPS) is 10.4. The third kappa shape index (κ3) is 3.51. The van der Waals surface area contributed by atoms with E-state index < -0.39 is 11.9 Å². The summed E-state index contributed by atoms with van der Waals surface area (Å²) < 4.78 is 1.46. The first-order valence-electron chi connectivity index (χ1n) is 6.06. The molecule has 0 radical (unpaired) electrons. The van der Waals surface area contributed by atoms with Crippen LogP contribution in [0.4, 0.5) is 10.5 Å². The zero-order valence-electron chi connectivity index (χ0n) is 11.3. The monoisotopic (exact) mass is 307 g/mol. The Morgan fingerprint density at radius 2 is 2.10 bits per heavy atom. The molecule has 0 fully saturated rings. The van der Waals surface area contributed by atoms with E-state index in [-0.39, 0.29) is 6.42 Å². The van der Waals surface area contributed by atoms with E-state index in [0.717, 1.165) is 5.56 Å². The van der Waals surface area contributed by atoms with Gasteiger partial charge in [0.15, 0.2) is 0 Å². The number of primary amides is 2. The molecule has 0 aliphatic rings. The van der Waals surface area contributed by atoms with Gasteiger partial charge in [0.2, 0.25) is 5.91 Å². The summed E-state index contributed by atoms with van der Waals surface area (Å²) in [5.74, 6) is -0.567. The van der Waals surface area contributed by atoms with E-state index in [2.05, 4.69) is 10.4 Å². The second kappa shape index (κ2) is 5.84. The standard InChI is InChI=1S/C13H14ClN5O2/c1-7-2-3-11(8(14)4-7)19-6-10(17-13(16)21)9(18-19)5-12(15)20/h2-4,6H,5H2,1H3,(H2,15,20)(H3,16,17,21). The van der Waals surface area contributed by atoms with Crippen LogP contribution in [-0.2, 0) is 11.2 Å². The summed E-state index contributed by atoms with van der Waals surface area (Å²) in [4.78, 5) is 22.1. The minimum Gasteiger partial charge on any atom is -0.369 e. The number of rotatable bonds is 4. The molecular formula is C13H14ClN5O2. The number of carbonyl (C=O) groups excluding carboxylic acids is 2. The number of amides is 3. The number of hydrogen-bond acceptors (Lipinski definition) is 3. The molecular weight excluding hydrogens is 294 g/mol. The lowest BCUT2D eigenvalue weighted by molar-refractivity contribution is -0.117. The van der Waals surface area contributed by atoms with Crippen molar-refractivity contribution >= 4 is 29.2 Å². The lowest BCUT2D eigenvalue weighted by atomic mass is 10.2. The van der Waals surface area contributed by atoms with Crippen molar-refractivity contribution < 1.29 is 9.59 Å². The maximum atomic E-state index is 11.1. The molecule has 2 aromatic rings. The van der Waals surface area contributed by atoms with Gasteiger partial charge in [-0.1, -0.05) is 17.7 Å². The molecule has 110 valence electrons. The molecule has 0 unspecified atom stereocenters. The summed E-state index contributed by atoms with van der Waals surface area (Å²) in [5.41, 5.74) is 12.5. The highest BCUT2D eigenvalue weighted by Crippen LogP contribution is 2.24. The second-order valence-electron chi connectivity index (χ2n) is 4.52. The van der Waals surface area contributed by atoms with Crippen LogP contribution in [0.15, 0.2) is 24.4 Å². The third-order valence-corrected chi connectivity index (χ3v) is 3.04. The van der Waals surface area contributed by atoms with Gasteiger partial charge in [-0.15, -0.1) is 0 Å². The number of aryl methyl sites for hydroxylation is 1. The minimum absolute atomic E-state index is 0.119. The Morgan fingerprint density at radius 1 is 1.38 bits per heavy atom. The first-order valence-corrected chi connectivity index (χ1v) is 6.44. The highest BCUT2D eigenvalue weighted by atomic mass is 35.5. The van der Waals surface area contributed by atoms with E-state index in [1.54, 1.807) is 12.1 Å². The Morgan fingerprint density at radius 3 is 2.67 bits per heavy atom. The van der Waals surface area contributed by atoms with Crippen molar-refractivity contribution in [1.82, 2.24) is 9.78 Å². The summed E-state index contributed by atoms with van der Waals surface area (Å²) in [5, 5.41) is 7.12. The lowest BCUT2D eigenvalue weighted by Gasteiger charge is -2.04. The molecule has 1 aromatic carbocycles. The van der Waals surface area contributed by atoms with E-state index in [9.17, 15) is 9.59 Å². The fourth-order valence-electron chi connectivity index (χ4n) is 1.86. The van der Waals surface area contributed by atoms with Crippen molar-refractivity contribution in [2.75, 3.05) is 5.32 Å². The molecule has 8 heteroatoms. The van der Waals surface area contributed by atoms with Gasteiger partial charge in [0.25, 0.3) is 0 Å². The predicted octanol–water partition coefficient (Wildman–Crippen LogP) is 1.35. The van der Waals surface area contributed by atoms with E-state index >= 15 is 0 Å². The summed E-state index contributed by atoms with van der Waals surface area (Å²) in [6.07, 6.45) is 1.41. The average Bonchev–Trinajstić information content (AvgIpc) is 2.70. The van der Waals surface area contributed by atoms with Gasteiger partial charge >= 0.3 is 6.03 Å². The number of nitrogens with two attached hydrogens (primary N) is 2. The topological polar surface area (TPSA) is 116 Å². The van der Waals surface area contributed by atoms with Gasteiger partial charge in [-0.25, -0.2) is 9.48 Å². The zero-order valence-corrected chi connectivity index (χ0v) is 12.0. The van der Waals surface area contributed by atoms with E-state index in [1.165, 1.54) is 10.9 Å². The zero-order chi connectivity index (χ0) is 15.6. The molecule has 1 heterocycles. The largest absolute Gasteiger partial charge is 0.369 e. The summed E-state index contributed by atoms with van der Waals surface area (Å²) >= 11 is 6.17. The quantitative estimate of drug-likeness (QED) is 0.791. The minimum atomic E-state index is -0.754. The van der Waals surface area contributed by atoms with E-state index in [1.807, 2.05) is 13.0 Å². The Hall–Kier alpha value is -2.54. The molecule has 1 aromatic heterocycles. The Kier molecular flexibility index (Phi) is 4.13. The average molecular weight is 308 g/mol. The van der Waals surface area contributed by atoms with Crippen molar-refractivity contribution in [1.29, 1.82) is 0 Å². The molecule has 0 saturated carbocycles. The summed E-state index contributed by atoms with van der Waals surface area (Å²) in [6, 6.07) is 4.69. The van der Waals surface area contributed by atoms with Crippen LogP contribution in [0.2, 0.25) is 5.02 Å². The number of urea groups is 1. The second-order valence-corrected chi connectivity index (χ2v) is 4.93. The Bertz CT molecular complexity index is 677. The molecule has 5 N–H and O–H groups in total. The molecule has 3 amide bonds. The van der Waals surface area contributed by atoms with Crippen LogP contribution in [0, 0.1) is 6.92 Å².